The van der Waals surface area contributed by atoms with E-state index >= 15 is 0 Å². The van der Waals surface area contributed by atoms with Crippen LogP contribution in [0.1, 0.15) is 15.4 Å². The monoisotopic (exact) mass is 330 g/mol. The van der Waals surface area contributed by atoms with Gasteiger partial charge in [0, 0.05) is 35.1 Å². The average molecular weight is 330 g/mol. The summed E-state index contributed by atoms with van der Waals surface area (Å²) in [5, 5.41) is 15.7. The number of anilines is 1. The number of aliphatic hydroxyl groups excluding tert-OH is 1. The maximum Gasteiger partial charge on any atom is 0.261 e. The van der Waals surface area contributed by atoms with Crippen molar-refractivity contribution >= 4 is 34.1 Å². The van der Waals surface area contributed by atoms with E-state index in [1.165, 1.54) is 11.3 Å². The van der Waals surface area contributed by atoms with Crippen LogP contribution in [-0.2, 0) is 0 Å². The molecule has 0 spiro atoms. The number of carbonyl (C=O) groups excluding carboxylic acids is 1. The molecule has 3 aromatic heterocycles. The molecular formula is C16H18N4O2S. The topological polar surface area (TPSA) is 90.0 Å². The van der Waals surface area contributed by atoms with Gasteiger partial charge in [-0.2, -0.15) is 0 Å². The van der Waals surface area contributed by atoms with E-state index in [1.54, 1.807) is 7.05 Å². The van der Waals surface area contributed by atoms with E-state index in [1.807, 2.05) is 31.2 Å². The Bertz CT molecular complexity index is 853. The van der Waals surface area contributed by atoms with Crippen molar-refractivity contribution in [2.75, 3.05) is 25.5 Å². The fourth-order valence-electron chi connectivity index (χ4n) is 2.44. The standard InChI is InChI=1S/C16H18N4O2S/c1-9-7-11-10(12-3-4-13(23-12)16(22)17-2)8-14(18-5-6-21)20-15(11)19-9/h3-4,7-8,21H,5-6H2,1-2H3,(H,17,22)(H2,18,19,20). The summed E-state index contributed by atoms with van der Waals surface area (Å²) in [4.78, 5) is 21.2. The van der Waals surface area contributed by atoms with Gasteiger partial charge in [-0.15, -0.1) is 11.3 Å². The van der Waals surface area contributed by atoms with Crippen molar-refractivity contribution in [3.05, 3.63) is 34.8 Å². The SMILES string of the molecule is CNC(=O)c1ccc(-c2cc(NCCO)nc3[nH]c(C)cc23)s1. The number of amides is 1. The summed E-state index contributed by atoms with van der Waals surface area (Å²) in [5.74, 6) is 0.605. The summed E-state index contributed by atoms with van der Waals surface area (Å²) in [6.07, 6.45) is 0. The maximum atomic E-state index is 11.8. The van der Waals surface area contributed by atoms with Gasteiger partial charge in [0.05, 0.1) is 11.5 Å². The number of hydrogen-bond acceptors (Lipinski definition) is 5. The zero-order valence-electron chi connectivity index (χ0n) is 12.9. The molecule has 3 rings (SSSR count). The van der Waals surface area contributed by atoms with Crippen molar-refractivity contribution in [3.63, 3.8) is 0 Å². The van der Waals surface area contributed by atoms with Crippen LogP contribution in [0.25, 0.3) is 21.5 Å². The highest BCUT2D eigenvalue weighted by Gasteiger charge is 2.14. The number of aliphatic hydroxyl groups is 1. The number of carbonyl (C=O) groups is 1. The van der Waals surface area contributed by atoms with Crippen LogP contribution in [0.3, 0.4) is 0 Å². The van der Waals surface area contributed by atoms with Crippen LogP contribution in [0.4, 0.5) is 5.82 Å². The van der Waals surface area contributed by atoms with Crippen molar-refractivity contribution < 1.29 is 9.90 Å². The first-order valence-electron chi connectivity index (χ1n) is 7.29. The molecule has 0 aromatic carbocycles. The summed E-state index contributed by atoms with van der Waals surface area (Å²) in [7, 11) is 1.62. The lowest BCUT2D eigenvalue weighted by molar-refractivity contribution is 0.0967. The summed E-state index contributed by atoms with van der Waals surface area (Å²) < 4.78 is 0. The molecule has 0 atom stereocenters. The number of rotatable bonds is 5. The van der Waals surface area contributed by atoms with Crippen molar-refractivity contribution in [2.45, 2.75) is 6.92 Å². The van der Waals surface area contributed by atoms with Gasteiger partial charge in [-0.05, 0) is 31.2 Å². The van der Waals surface area contributed by atoms with Crippen LogP contribution in [0, 0.1) is 6.92 Å². The number of H-pyrrole nitrogens is 1. The molecular weight excluding hydrogens is 312 g/mol. The molecule has 0 saturated heterocycles. The summed E-state index contributed by atoms with van der Waals surface area (Å²) in [5.41, 5.74) is 2.83. The third-order valence-electron chi connectivity index (χ3n) is 3.48. The van der Waals surface area contributed by atoms with Gasteiger partial charge in [-0.25, -0.2) is 4.98 Å². The Morgan fingerprint density at radius 3 is 2.96 bits per heavy atom. The van der Waals surface area contributed by atoms with Gasteiger partial charge >= 0.3 is 0 Å². The highest BCUT2D eigenvalue weighted by Crippen LogP contribution is 2.35. The minimum atomic E-state index is -0.0876. The number of fused-ring (bicyclic) bond motifs is 1. The lowest BCUT2D eigenvalue weighted by Crippen LogP contribution is -2.15. The van der Waals surface area contributed by atoms with Crippen LogP contribution >= 0.6 is 11.3 Å². The number of aryl methyl sites for hydroxylation is 1. The Kier molecular flexibility index (Phi) is 4.31. The quantitative estimate of drug-likeness (QED) is 0.578. The van der Waals surface area contributed by atoms with E-state index < -0.39 is 0 Å². The van der Waals surface area contributed by atoms with E-state index in [4.69, 9.17) is 5.11 Å². The fraction of sp³-hybridized carbons (Fsp3) is 0.250. The van der Waals surface area contributed by atoms with Crippen LogP contribution in [0.15, 0.2) is 24.3 Å². The molecule has 120 valence electrons. The van der Waals surface area contributed by atoms with Crippen molar-refractivity contribution in [1.29, 1.82) is 0 Å². The summed E-state index contributed by atoms with van der Waals surface area (Å²) in [6, 6.07) is 7.77. The van der Waals surface area contributed by atoms with Gasteiger partial charge < -0.3 is 20.7 Å². The Hall–Kier alpha value is -2.38. The van der Waals surface area contributed by atoms with E-state index in [9.17, 15) is 4.79 Å². The number of aromatic amines is 1. The van der Waals surface area contributed by atoms with E-state index in [-0.39, 0.29) is 12.5 Å². The van der Waals surface area contributed by atoms with E-state index in [2.05, 4.69) is 20.6 Å². The zero-order chi connectivity index (χ0) is 16.4. The van der Waals surface area contributed by atoms with Gasteiger partial charge in [0.2, 0.25) is 0 Å². The number of pyridine rings is 1. The number of nitrogens with one attached hydrogen (secondary N) is 3. The predicted octanol–water partition coefficient (Wildman–Crippen LogP) is 2.36. The third-order valence-corrected chi connectivity index (χ3v) is 4.59. The average Bonchev–Trinajstić information content (AvgIpc) is 3.17. The smallest absolute Gasteiger partial charge is 0.261 e. The highest BCUT2D eigenvalue weighted by molar-refractivity contribution is 7.17. The third kappa shape index (κ3) is 3.06. The first-order valence-corrected chi connectivity index (χ1v) is 8.11. The van der Waals surface area contributed by atoms with Crippen LogP contribution in [-0.4, -0.2) is 41.2 Å². The van der Waals surface area contributed by atoms with Crippen molar-refractivity contribution in [1.82, 2.24) is 15.3 Å². The first kappa shape index (κ1) is 15.5. The number of aromatic nitrogens is 2. The second kappa shape index (κ2) is 6.39. The van der Waals surface area contributed by atoms with Crippen molar-refractivity contribution in [2.24, 2.45) is 0 Å². The Morgan fingerprint density at radius 2 is 2.22 bits per heavy atom. The largest absolute Gasteiger partial charge is 0.395 e. The van der Waals surface area contributed by atoms with E-state index in [0.717, 1.165) is 27.2 Å². The normalized spacial score (nSPS) is 10.9. The van der Waals surface area contributed by atoms with E-state index in [0.29, 0.717) is 17.2 Å². The van der Waals surface area contributed by atoms with Crippen molar-refractivity contribution in [3.8, 4) is 10.4 Å². The zero-order valence-corrected chi connectivity index (χ0v) is 13.8. The maximum absolute atomic E-state index is 11.8. The molecule has 0 aliphatic heterocycles. The van der Waals surface area contributed by atoms with Gasteiger partial charge in [0.15, 0.2) is 0 Å². The molecule has 3 heterocycles. The Morgan fingerprint density at radius 1 is 1.39 bits per heavy atom. The number of thiophene rings is 1. The second-order valence-corrected chi connectivity index (χ2v) is 6.25. The molecule has 0 aliphatic carbocycles. The van der Waals surface area contributed by atoms with Gasteiger partial charge in [-0.1, -0.05) is 0 Å². The molecule has 1 amide bonds. The minimum Gasteiger partial charge on any atom is -0.395 e. The van der Waals surface area contributed by atoms with Gasteiger partial charge in [0.25, 0.3) is 5.91 Å². The Labute approximate surface area is 137 Å². The minimum absolute atomic E-state index is 0.0403. The molecule has 3 aromatic rings. The van der Waals surface area contributed by atoms with Crippen LogP contribution < -0.4 is 10.6 Å². The summed E-state index contributed by atoms with van der Waals surface area (Å²) >= 11 is 1.44. The molecule has 4 N–H and O–H groups in total. The molecule has 0 unspecified atom stereocenters. The molecule has 0 aliphatic rings. The Balaban J connectivity index is 2.10. The fourth-order valence-corrected chi connectivity index (χ4v) is 3.42. The predicted molar refractivity (Wildman–Crippen MR) is 93.1 cm³/mol. The molecule has 0 saturated carbocycles. The molecule has 0 bridgehead atoms. The van der Waals surface area contributed by atoms with Crippen LogP contribution in [0.5, 0.6) is 0 Å². The lowest BCUT2D eigenvalue weighted by Gasteiger charge is -2.07. The summed E-state index contributed by atoms with van der Waals surface area (Å²) in [6.45, 7) is 2.46. The first-order chi connectivity index (χ1) is 11.1. The molecule has 7 heteroatoms. The molecule has 23 heavy (non-hydrogen) atoms. The molecule has 0 fully saturated rings. The van der Waals surface area contributed by atoms with Crippen LogP contribution in [0.2, 0.25) is 0 Å². The van der Waals surface area contributed by atoms with Gasteiger partial charge in [0.1, 0.15) is 11.5 Å². The highest BCUT2D eigenvalue weighted by atomic mass is 32.1. The molecule has 0 radical (unpaired) electrons. The molecule has 6 nitrogen and oxygen atoms in total. The lowest BCUT2D eigenvalue weighted by atomic mass is 10.1. The second-order valence-electron chi connectivity index (χ2n) is 5.16. The number of hydrogen-bond donors (Lipinski definition) is 4. The number of nitrogens with zero attached hydrogens (tertiary/aromatic N) is 1. The van der Waals surface area contributed by atoms with Gasteiger partial charge in [-0.3, -0.25) is 4.79 Å².